The van der Waals surface area contributed by atoms with Crippen LogP contribution in [0, 0.1) is 25.2 Å². The van der Waals surface area contributed by atoms with Gasteiger partial charge in [0.2, 0.25) is 0 Å². The molecule has 0 aliphatic rings. The van der Waals surface area contributed by atoms with Crippen LogP contribution in [-0.4, -0.2) is 6.04 Å². The molecule has 0 spiro atoms. The summed E-state index contributed by atoms with van der Waals surface area (Å²) in [5.41, 5.74) is 9.72. The van der Waals surface area contributed by atoms with Crippen molar-refractivity contribution in [1.29, 1.82) is 5.26 Å². The second-order valence-electron chi connectivity index (χ2n) is 5.01. The van der Waals surface area contributed by atoms with Crippen molar-refractivity contribution in [2.75, 3.05) is 0 Å². The molecule has 2 atom stereocenters. The second kappa shape index (κ2) is 6.08. The monoisotopic (exact) mass is 286 g/mol. The van der Waals surface area contributed by atoms with Crippen LogP contribution in [0.5, 0.6) is 5.75 Å². The summed E-state index contributed by atoms with van der Waals surface area (Å²) in [5, 5.41) is 13.1. The predicted molar refractivity (Wildman–Crippen MR) is 82.0 cm³/mol. The first-order chi connectivity index (χ1) is 9.52. The summed E-state index contributed by atoms with van der Waals surface area (Å²) < 4.78 is 6.15. The lowest BCUT2D eigenvalue weighted by atomic mass is 10.0. The highest BCUT2D eigenvalue weighted by molar-refractivity contribution is 7.07. The van der Waals surface area contributed by atoms with Crippen LogP contribution < -0.4 is 10.5 Å². The van der Waals surface area contributed by atoms with Crippen LogP contribution in [0.1, 0.15) is 35.3 Å². The number of nitrogens with zero attached hydrogens (tertiary/aromatic N) is 1. The zero-order valence-corrected chi connectivity index (χ0v) is 12.7. The van der Waals surface area contributed by atoms with Crippen molar-refractivity contribution in [1.82, 2.24) is 0 Å². The molecule has 2 aromatic rings. The highest BCUT2D eigenvalue weighted by atomic mass is 32.1. The zero-order chi connectivity index (χ0) is 14.7. The molecule has 20 heavy (non-hydrogen) atoms. The first-order valence-electron chi connectivity index (χ1n) is 6.48. The molecular formula is C16H18N2OS. The molecule has 2 rings (SSSR count). The summed E-state index contributed by atoms with van der Waals surface area (Å²) in [7, 11) is 0. The Morgan fingerprint density at radius 2 is 1.95 bits per heavy atom. The van der Waals surface area contributed by atoms with E-state index in [2.05, 4.69) is 11.4 Å². The van der Waals surface area contributed by atoms with E-state index in [-0.39, 0.29) is 12.1 Å². The van der Waals surface area contributed by atoms with Gasteiger partial charge in [0, 0.05) is 11.6 Å². The summed E-state index contributed by atoms with van der Waals surface area (Å²) in [4.78, 5) is 0. The molecule has 1 heterocycles. The van der Waals surface area contributed by atoms with E-state index in [1.807, 2.05) is 44.4 Å². The topological polar surface area (TPSA) is 59.0 Å². The summed E-state index contributed by atoms with van der Waals surface area (Å²) in [6, 6.07) is 7.77. The van der Waals surface area contributed by atoms with Crippen LogP contribution in [-0.2, 0) is 0 Å². The van der Waals surface area contributed by atoms with Crippen LogP contribution in [0.2, 0.25) is 0 Å². The number of aryl methyl sites for hydroxylation is 2. The Kier molecular flexibility index (Phi) is 4.43. The standard InChI is InChI=1S/C16H18N2OS/c1-10-6-13(8-17)7-11(2)15(10)19-16(12(3)18)14-4-5-20-9-14/h4-7,9,12,16H,18H2,1-3H3. The van der Waals surface area contributed by atoms with Crippen LogP contribution in [0.4, 0.5) is 0 Å². The number of rotatable bonds is 4. The molecule has 0 saturated heterocycles. The quantitative estimate of drug-likeness (QED) is 0.932. The van der Waals surface area contributed by atoms with Crippen molar-refractivity contribution < 1.29 is 4.74 Å². The average Bonchev–Trinajstić information content (AvgIpc) is 2.90. The van der Waals surface area contributed by atoms with Gasteiger partial charge in [-0.15, -0.1) is 0 Å². The van der Waals surface area contributed by atoms with Gasteiger partial charge in [-0.3, -0.25) is 0 Å². The summed E-state index contributed by atoms with van der Waals surface area (Å²) >= 11 is 1.63. The fourth-order valence-corrected chi connectivity index (χ4v) is 2.93. The lowest BCUT2D eigenvalue weighted by molar-refractivity contribution is 0.178. The van der Waals surface area contributed by atoms with Crippen molar-refractivity contribution in [3.63, 3.8) is 0 Å². The predicted octanol–water partition coefficient (Wildman–Crippen LogP) is 3.70. The van der Waals surface area contributed by atoms with Crippen molar-refractivity contribution in [3.05, 3.63) is 51.2 Å². The summed E-state index contributed by atoms with van der Waals surface area (Å²) in [5.74, 6) is 0.817. The van der Waals surface area contributed by atoms with E-state index in [0.29, 0.717) is 5.56 Å². The van der Waals surface area contributed by atoms with E-state index < -0.39 is 0 Å². The van der Waals surface area contributed by atoms with Crippen molar-refractivity contribution in [3.8, 4) is 11.8 Å². The minimum absolute atomic E-state index is 0.112. The Morgan fingerprint density at radius 3 is 2.40 bits per heavy atom. The minimum Gasteiger partial charge on any atom is -0.484 e. The Hall–Kier alpha value is -1.83. The number of benzene rings is 1. The van der Waals surface area contributed by atoms with Crippen LogP contribution >= 0.6 is 11.3 Å². The highest BCUT2D eigenvalue weighted by Gasteiger charge is 2.20. The van der Waals surface area contributed by atoms with Gasteiger partial charge in [0.05, 0.1) is 11.6 Å². The molecule has 2 N–H and O–H groups in total. The van der Waals surface area contributed by atoms with Gasteiger partial charge in [0.25, 0.3) is 0 Å². The third-order valence-electron chi connectivity index (χ3n) is 3.18. The van der Waals surface area contributed by atoms with Crippen LogP contribution in [0.3, 0.4) is 0 Å². The van der Waals surface area contributed by atoms with Crippen LogP contribution in [0.25, 0.3) is 0 Å². The lowest BCUT2D eigenvalue weighted by Crippen LogP contribution is -2.29. The number of hydrogen-bond donors (Lipinski definition) is 1. The van der Waals surface area contributed by atoms with Crippen molar-refractivity contribution in [2.45, 2.75) is 32.9 Å². The molecule has 104 valence electrons. The molecule has 2 unspecified atom stereocenters. The number of ether oxygens (including phenoxy) is 1. The second-order valence-corrected chi connectivity index (χ2v) is 5.79. The number of nitrogens with two attached hydrogens (primary N) is 1. The van der Waals surface area contributed by atoms with Gasteiger partial charge < -0.3 is 10.5 Å². The Morgan fingerprint density at radius 1 is 1.30 bits per heavy atom. The van der Waals surface area contributed by atoms with Gasteiger partial charge in [-0.05, 0) is 60.9 Å². The minimum atomic E-state index is -0.174. The van der Waals surface area contributed by atoms with E-state index in [4.69, 9.17) is 15.7 Å². The maximum absolute atomic E-state index is 8.99. The van der Waals surface area contributed by atoms with Gasteiger partial charge in [-0.1, -0.05) is 0 Å². The highest BCUT2D eigenvalue weighted by Crippen LogP contribution is 2.31. The Bertz CT molecular complexity index is 603. The first-order valence-corrected chi connectivity index (χ1v) is 7.43. The average molecular weight is 286 g/mol. The molecular weight excluding hydrogens is 268 g/mol. The Balaban J connectivity index is 2.35. The van der Waals surface area contributed by atoms with Gasteiger partial charge in [0.15, 0.2) is 0 Å². The number of nitriles is 1. The fourth-order valence-electron chi connectivity index (χ4n) is 2.24. The van der Waals surface area contributed by atoms with Gasteiger partial charge in [0.1, 0.15) is 11.9 Å². The van der Waals surface area contributed by atoms with Crippen LogP contribution in [0.15, 0.2) is 29.0 Å². The molecule has 0 radical (unpaired) electrons. The molecule has 0 saturated carbocycles. The fraction of sp³-hybridized carbons (Fsp3) is 0.312. The Labute approximate surface area is 123 Å². The van der Waals surface area contributed by atoms with E-state index in [0.717, 1.165) is 22.4 Å². The largest absolute Gasteiger partial charge is 0.484 e. The van der Waals surface area contributed by atoms with Crippen molar-refractivity contribution >= 4 is 11.3 Å². The molecule has 0 aliphatic carbocycles. The molecule has 0 fully saturated rings. The van der Waals surface area contributed by atoms with E-state index >= 15 is 0 Å². The maximum Gasteiger partial charge on any atom is 0.139 e. The third-order valence-corrected chi connectivity index (χ3v) is 3.88. The molecule has 4 heteroatoms. The molecule has 0 amide bonds. The third kappa shape index (κ3) is 3.01. The molecule has 3 nitrogen and oxygen atoms in total. The lowest BCUT2D eigenvalue weighted by Gasteiger charge is -2.24. The zero-order valence-electron chi connectivity index (χ0n) is 11.9. The summed E-state index contributed by atoms with van der Waals surface area (Å²) in [6.07, 6.45) is -0.174. The molecule has 1 aromatic heterocycles. The first kappa shape index (κ1) is 14.6. The smallest absolute Gasteiger partial charge is 0.139 e. The number of hydrogen-bond acceptors (Lipinski definition) is 4. The molecule has 0 aliphatic heterocycles. The van der Waals surface area contributed by atoms with Gasteiger partial charge >= 0.3 is 0 Å². The van der Waals surface area contributed by atoms with Gasteiger partial charge in [-0.25, -0.2) is 0 Å². The maximum atomic E-state index is 8.99. The van der Waals surface area contributed by atoms with E-state index in [1.54, 1.807) is 11.3 Å². The molecule has 1 aromatic carbocycles. The summed E-state index contributed by atoms with van der Waals surface area (Å²) in [6.45, 7) is 5.85. The van der Waals surface area contributed by atoms with E-state index in [9.17, 15) is 0 Å². The SMILES string of the molecule is Cc1cc(C#N)cc(C)c1OC(c1ccsc1)C(C)N. The number of thiophene rings is 1. The van der Waals surface area contributed by atoms with Crippen molar-refractivity contribution in [2.24, 2.45) is 5.73 Å². The molecule has 0 bridgehead atoms. The van der Waals surface area contributed by atoms with E-state index in [1.165, 1.54) is 0 Å². The van der Waals surface area contributed by atoms with Gasteiger partial charge in [-0.2, -0.15) is 16.6 Å². The normalized spacial score (nSPS) is 13.6.